The Morgan fingerprint density at radius 2 is 2.08 bits per heavy atom. The molecular weight excluding hydrogens is 527 g/mol. The van der Waals surface area contributed by atoms with Gasteiger partial charge in [0.25, 0.3) is 5.91 Å². The van der Waals surface area contributed by atoms with Crippen LogP contribution in [0.1, 0.15) is 34.6 Å². The lowest BCUT2D eigenvalue weighted by molar-refractivity contribution is -0.128. The number of fused-ring (bicyclic) bond motifs is 3. The van der Waals surface area contributed by atoms with Gasteiger partial charge in [0.1, 0.15) is 40.3 Å². The average molecular weight is 553 g/mol. The molecule has 1 unspecified atom stereocenters. The molecule has 202 valence electrons. The lowest BCUT2D eigenvalue weighted by Gasteiger charge is -2.39. The second-order valence-electron chi connectivity index (χ2n) is 9.86. The van der Waals surface area contributed by atoms with E-state index >= 15 is 4.39 Å². The van der Waals surface area contributed by atoms with Crippen molar-refractivity contribution >= 4 is 29.2 Å². The Bertz CT molecular complexity index is 1520. The molecule has 1 N–H and O–H groups in total. The second kappa shape index (κ2) is 9.26. The number of aromatic hydroxyl groups is 1. The summed E-state index contributed by atoms with van der Waals surface area (Å²) in [5, 5.41) is 14.9. The maximum absolute atomic E-state index is 15.1. The van der Waals surface area contributed by atoms with Gasteiger partial charge >= 0.3 is 0 Å². The Labute approximate surface area is 228 Å². The third-order valence-electron chi connectivity index (χ3n) is 7.77. The van der Waals surface area contributed by atoms with Crippen LogP contribution in [-0.4, -0.2) is 73.8 Å². The van der Waals surface area contributed by atoms with Crippen LogP contribution < -0.4 is 9.64 Å². The molecule has 0 radical (unpaired) electrons. The molecule has 1 fully saturated rings. The first-order valence-electron chi connectivity index (χ1n) is 12.5. The van der Waals surface area contributed by atoms with Crippen molar-refractivity contribution in [3.8, 4) is 22.8 Å². The summed E-state index contributed by atoms with van der Waals surface area (Å²) in [6.45, 7) is 6.89. The molecule has 2 aromatic heterocycles. The minimum Gasteiger partial charge on any atom is -0.507 e. The van der Waals surface area contributed by atoms with Crippen molar-refractivity contribution in [3.63, 3.8) is 0 Å². The summed E-state index contributed by atoms with van der Waals surface area (Å²) in [7, 11) is 1.84. The molecule has 39 heavy (non-hydrogen) atoms. The van der Waals surface area contributed by atoms with Crippen LogP contribution in [0.25, 0.3) is 11.3 Å². The SMILES string of the molecule is C=CC(=O)N1CCN2C(=O)c3c(N4Cc5c(cnn5C)C4C)nc(-c4c(O)cccc4F)c(Cl)c3OC[C@H]2C1. The van der Waals surface area contributed by atoms with E-state index in [1.54, 1.807) is 20.7 Å². The van der Waals surface area contributed by atoms with Gasteiger partial charge in [-0.25, -0.2) is 9.37 Å². The van der Waals surface area contributed by atoms with Gasteiger partial charge in [-0.2, -0.15) is 5.10 Å². The number of pyridine rings is 1. The molecule has 3 aromatic rings. The largest absolute Gasteiger partial charge is 0.507 e. The third kappa shape index (κ3) is 3.82. The molecule has 3 aliphatic rings. The van der Waals surface area contributed by atoms with Gasteiger partial charge in [-0.15, -0.1) is 0 Å². The number of hydrogen-bond donors (Lipinski definition) is 1. The fourth-order valence-electron chi connectivity index (χ4n) is 5.64. The molecule has 3 aliphatic heterocycles. The number of carbonyl (C=O) groups excluding carboxylic acids is 2. The molecule has 0 bridgehead atoms. The van der Waals surface area contributed by atoms with E-state index in [1.165, 1.54) is 24.3 Å². The molecule has 10 nitrogen and oxygen atoms in total. The Balaban J connectivity index is 1.53. The van der Waals surface area contributed by atoms with E-state index in [0.717, 1.165) is 11.3 Å². The second-order valence-corrected chi connectivity index (χ2v) is 10.2. The van der Waals surface area contributed by atoms with Crippen LogP contribution in [-0.2, 0) is 18.4 Å². The monoisotopic (exact) mass is 552 g/mol. The number of carbonyl (C=O) groups is 2. The molecule has 6 rings (SSSR count). The third-order valence-corrected chi connectivity index (χ3v) is 8.12. The summed E-state index contributed by atoms with van der Waals surface area (Å²) < 4.78 is 23.0. The topological polar surface area (TPSA) is 104 Å². The number of amides is 2. The van der Waals surface area contributed by atoms with Gasteiger partial charge in [-0.1, -0.05) is 24.2 Å². The minimum absolute atomic E-state index is 0.0292. The predicted octanol–water partition coefficient (Wildman–Crippen LogP) is 3.29. The number of hydrogen-bond acceptors (Lipinski definition) is 7. The fraction of sp³-hybridized carbons (Fsp3) is 0.333. The predicted molar refractivity (Wildman–Crippen MR) is 141 cm³/mol. The maximum Gasteiger partial charge on any atom is 0.261 e. The summed E-state index contributed by atoms with van der Waals surface area (Å²) >= 11 is 6.80. The number of phenols is 1. The zero-order valence-electron chi connectivity index (χ0n) is 21.4. The Morgan fingerprint density at radius 1 is 1.28 bits per heavy atom. The highest BCUT2D eigenvalue weighted by atomic mass is 35.5. The highest BCUT2D eigenvalue weighted by Crippen LogP contribution is 2.48. The molecule has 2 amide bonds. The van der Waals surface area contributed by atoms with E-state index in [4.69, 9.17) is 21.3 Å². The van der Waals surface area contributed by atoms with Crippen LogP contribution in [0, 0.1) is 5.82 Å². The van der Waals surface area contributed by atoms with Crippen molar-refractivity contribution in [1.29, 1.82) is 0 Å². The van der Waals surface area contributed by atoms with Crippen LogP contribution >= 0.6 is 11.6 Å². The number of anilines is 1. The fourth-order valence-corrected chi connectivity index (χ4v) is 5.93. The van der Waals surface area contributed by atoms with Gasteiger partial charge in [0.05, 0.1) is 36.1 Å². The first-order chi connectivity index (χ1) is 18.7. The van der Waals surface area contributed by atoms with Gasteiger partial charge < -0.3 is 24.5 Å². The van der Waals surface area contributed by atoms with E-state index in [1.807, 2.05) is 18.9 Å². The van der Waals surface area contributed by atoms with E-state index in [0.29, 0.717) is 19.6 Å². The first kappa shape index (κ1) is 25.2. The number of ether oxygens (including phenoxy) is 1. The summed E-state index contributed by atoms with van der Waals surface area (Å²) in [6, 6.07) is 3.29. The molecule has 2 atom stereocenters. The highest BCUT2D eigenvalue weighted by molar-refractivity contribution is 6.35. The number of piperazine rings is 1. The van der Waals surface area contributed by atoms with Gasteiger partial charge in [0.15, 0.2) is 5.75 Å². The van der Waals surface area contributed by atoms with Gasteiger partial charge in [-0.3, -0.25) is 14.3 Å². The van der Waals surface area contributed by atoms with E-state index in [9.17, 15) is 14.7 Å². The van der Waals surface area contributed by atoms with Gasteiger partial charge in [0.2, 0.25) is 5.91 Å². The molecule has 1 aromatic carbocycles. The van der Waals surface area contributed by atoms with E-state index in [2.05, 4.69) is 11.7 Å². The maximum atomic E-state index is 15.1. The Hall–Kier alpha value is -4.12. The lowest BCUT2D eigenvalue weighted by atomic mass is 10.0. The summed E-state index contributed by atoms with van der Waals surface area (Å²) in [5.41, 5.74) is 1.89. The number of rotatable bonds is 3. The standard InChI is InChI=1S/C27H26ClFN6O4/c1-4-20(37)33-8-9-34-15(11-33)13-39-25-22(27(34)38)26(35-12-18-16(14(35)2)10-30-32(18)3)31-24(23(25)28)21-17(29)6-5-7-19(21)36/h4-7,10,14-15,36H,1,8-9,11-13H2,2-3H3/t14?,15-/m1/s1. The summed E-state index contributed by atoms with van der Waals surface area (Å²) in [6.07, 6.45) is 3.03. The number of phenolic OH excluding ortho intramolecular Hbond substituents is 1. The molecular formula is C27H26ClFN6O4. The van der Waals surface area contributed by atoms with Crippen molar-refractivity contribution in [2.75, 3.05) is 31.1 Å². The van der Waals surface area contributed by atoms with Crippen LogP contribution in [0.15, 0.2) is 37.1 Å². The number of aryl methyl sites for hydroxylation is 1. The van der Waals surface area contributed by atoms with Crippen molar-refractivity contribution < 1.29 is 23.8 Å². The summed E-state index contributed by atoms with van der Waals surface area (Å²) in [4.78, 5) is 36.4. The lowest BCUT2D eigenvalue weighted by Crippen LogP contribution is -2.57. The Morgan fingerprint density at radius 3 is 2.79 bits per heavy atom. The molecule has 0 saturated carbocycles. The quantitative estimate of drug-likeness (QED) is 0.497. The molecule has 5 heterocycles. The smallest absolute Gasteiger partial charge is 0.261 e. The van der Waals surface area contributed by atoms with Crippen molar-refractivity contribution in [3.05, 3.63) is 64.7 Å². The molecule has 12 heteroatoms. The van der Waals surface area contributed by atoms with Gasteiger partial charge in [0, 0.05) is 32.2 Å². The molecule has 0 aliphatic carbocycles. The molecule has 0 spiro atoms. The zero-order chi connectivity index (χ0) is 27.6. The number of aromatic nitrogens is 3. The number of halogens is 2. The number of nitrogens with zero attached hydrogens (tertiary/aromatic N) is 6. The van der Waals surface area contributed by atoms with Crippen molar-refractivity contribution in [2.24, 2.45) is 7.05 Å². The first-order valence-corrected chi connectivity index (χ1v) is 12.9. The van der Waals surface area contributed by atoms with E-state index < -0.39 is 11.9 Å². The van der Waals surface area contributed by atoms with E-state index in [-0.39, 0.29) is 70.2 Å². The minimum atomic E-state index is -0.715. The highest BCUT2D eigenvalue weighted by Gasteiger charge is 2.42. The zero-order valence-corrected chi connectivity index (χ0v) is 22.2. The van der Waals surface area contributed by atoms with Gasteiger partial charge in [-0.05, 0) is 25.1 Å². The van der Waals surface area contributed by atoms with Crippen molar-refractivity contribution in [1.82, 2.24) is 24.6 Å². The Kier molecular flexibility index (Phi) is 5.98. The van der Waals surface area contributed by atoms with Crippen LogP contribution in [0.3, 0.4) is 0 Å². The van der Waals surface area contributed by atoms with Crippen LogP contribution in [0.5, 0.6) is 11.5 Å². The number of benzene rings is 1. The normalized spacial score (nSPS) is 20.2. The summed E-state index contributed by atoms with van der Waals surface area (Å²) in [5.74, 6) is -1.28. The van der Waals surface area contributed by atoms with Crippen molar-refractivity contribution in [2.45, 2.75) is 25.6 Å². The van der Waals surface area contributed by atoms with Crippen LogP contribution in [0.2, 0.25) is 5.02 Å². The molecule has 1 saturated heterocycles. The average Bonchev–Trinajstić information content (AvgIpc) is 3.41. The van der Waals surface area contributed by atoms with Crippen LogP contribution in [0.4, 0.5) is 10.2 Å².